The van der Waals surface area contributed by atoms with Gasteiger partial charge in [0.1, 0.15) is 22.3 Å². The monoisotopic (exact) mass is 1170 g/mol. The summed E-state index contributed by atoms with van der Waals surface area (Å²) in [6, 6.07) is 111. The average Bonchev–Trinajstić information content (AvgIpc) is 2.04. The second-order valence-electron chi connectivity index (χ2n) is 22.4. The Morgan fingerprint density at radius 3 is 1.32 bits per heavy atom. The first-order valence-electron chi connectivity index (χ1n) is 29.5. The van der Waals surface area contributed by atoms with Gasteiger partial charge in [-0.3, -0.25) is 0 Å². The first kappa shape index (κ1) is 50.5. The lowest BCUT2D eigenvalue weighted by Gasteiger charge is -2.26. The molecule has 0 aliphatic heterocycles. The van der Waals surface area contributed by atoms with E-state index in [2.05, 4.69) is 329 Å². The lowest BCUT2D eigenvalue weighted by Crippen LogP contribution is -2.10. The first-order chi connectivity index (χ1) is 43.1. The summed E-state index contributed by atoms with van der Waals surface area (Å²) in [6.45, 7) is 0. The fourth-order valence-corrected chi connectivity index (χ4v) is 13.9. The van der Waals surface area contributed by atoms with Crippen molar-refractivity contribution in [2.24, 2.45) is 0 Å². The van der Waals surface area contributed by atoms with E-state index in [1.54, 1.807) is 0 Å². The van der Waals surface area contributed by atoms with Crippen LogP contribution >= 0.6 is 15.9 Å². The fourth-order valence-electron chi connectivity index (χ4n) is 13.5. The summed E-state index contributed by atoms with van der Waals surface area (Å²) in [5.74, 6) is 0. The van der Waals surface area contributed by atoms with E-state index in [1.807, 2.05) is 6.07 Å². The van der Waals surface area contributed by atoms with Crippen molar-refractivity contribution in [2.75, 3.05) is 4.90 Å². The Kier molecular flexibility index (Phi) is 12.0. The predicted molar refractivity (Wildman–Crippen MR) is 370 cm³/mol. The van der Waals surface area contributed by atoms with Crippen LogP contribution in [-0.2, 0) is 0 Å². The molecular formula is C82H51BrN2O2. The number of halogens is 1. The third-order valence-corrected chi connectivity index (χ3v) is 17.9. The lowest BCUT2D eigenvalue weighted by molar-refractivity contribution is 0.670. The molecule has 0 aliphatic carbocycles. The summed E-state index contributed by atoms with van der Waals surface area (Å²) in [4.78, 5) is 2.39. The van der Waals surface area contributed by atoms with Crippen LogP contribution in [0.25, 0.3) is 148 Å². The van der Waals surface area contributed by atoms with Gasteiger partial charge in [0, 0.05) is 70.7 Å². The molecule has 0 aliphatic rings. The molecule has 408 valence electrons. The number of hydrogen-bond donors (Lipinski definition) is 0. The van der Waals surface area contributed by atoms with Gasteiger partial charge < -0.3 is 18.3 Å². The van der Waals surface area contributed by atoms with Crippen molar-refractivity contribution in [1.29, 1.82) is 0 Å². The second kappa shape index (κ2) is 20.7. The Bertz CT molecular complexity index is 5720. The van der Waals surface area contributed by atoms with Crippen LogP contribution in [0.5, 0.6) is 0 Å². The molecule has 0 N–H and O–H groups in total. The number of aromatic nitrogens is 1. The number of anilines is 3. The molecule has 0 unspecified atom stereocenters. The van der Waals surface area contributed by atoms with Gasteiger partial charge >= 0.3 is 0 Å². The van der Waals surface area contributed by atoms with Gasteiger partial charge in [-0.15, -0.1) is 0 Å². The topological polar surface area (TPSA) is 34.5 Å². The molecule has 0 bridgehead atoms. The van der Waals surface area contributed by atoms with Crippen molar-refractivity contribution < 1.29 is 8.83 Å². The molecule has 0 amide bonds. The lowest BCUT2D eigenvalue weighted by atomic mass is 9.94. The number of rotatable bonds is 7. The summed E-state index contributed by atoms with van der Waals surface area (Å²) >= 11 is 3.61. The molecule has 0 atom stereocenters. The molecule has 0 spiro atoms. The van der Waals surface area contributed by atoms with Gasteiger partial charge in [0.15, 0.2) is 0 Å². The highest BCUT2D eigenvalue weighted by molar-refractivity contribution is 9.10. The fraction of sp³-hybridized carbons (Fsp3) is 0. The van der Waals surface area contributed by atoms with E-state index < -0.39 is 0 Å². The van der Waals surface area contributed by atoms with E-state index in [4.69, 9.17) is 8.83 Å². The maximum Gasteiger partial charge on any atom is 0.143 e. The molecule has 5 heteroatoms. The minimum absolute atomic E-state index is 0.899. The van der Waals surface area contributed by atoms with Gasteiger partial charge in [0.05, 0.1) is 11.0 Å². The van der Waals surface area contributed by atoms with Crippen molar-refractivity contribution in [3.8, 4) is 39.1 Å². The second-order valence-corrected chi connectivity index (χ2v) is 23.3. The van der Waals surface area contributed by atoms with Crippen molar-refractivity contribution in [3.63, 3.8) is 0 Å². The molecule has 3 aromatic heterocycles. The van der Waals surface area contributed by atoms with E-state index in [0.717, 1.165) is 82.6 Å². The van der Waals surface area contributed by atoms with Crippen LogP contribution < -0.4 is 4.90 Å². The van der Waals surface area contributed by atoms with Crippen LogP contribution in [-0.4, -0.2) is 4.57 Å². The van der Waals surface area contributed by atoms with E-state index in [0.29, 0.717) is 0 Å². The third-order valence-electron chi connectivity index (χ3n) is 17.4. The molecule has 18 rings (SSSR count). The summed E-state index contributed by atoms with van der Waals surface area (Å²) < 4.78 is 16.8. The van der Waals surface area contributed by atoms with Crippen LogP contribution in [0.2, 0.25) is 0 Å². The Balaban J connectivity index is 0.000000175. The highest BCUT2D eigenvalue weighted by Gasteiger charge is 2.23. The molecule has 4 nitrogen and oxygen atoms in total. The molecule has 0 radical (unpaired) electrons. The molecule has 0 fully saturated rings. The van der Waals surface area contributed by atoms with Gasteiger partial charge in [-0.25, -0.2) is 0 Å². The Morgan fingerprint density at radius 2 is 0.724 bits per heavy atom. The van der Waals surface area contributed by atoms with E-state index >= 15 is 0 Å². The number of nitrogens with zero attached hydrogens (tertiary/aromatic N) is 2. The van der Waals surface area contributed by atoms with E-state index in [1.165, 1.54) is 86.8 Å². The number of para-hydroxylation sites is 2. The first-order valence-corrected chi connectivity index (χ1v) is 30.3. The van der Waals surface area contributed by atoms with Gasteiger partial charge in [-0.1, -0.05) is 228 Å². The quantitative estimate of drug-likeness (QED) is 0.159. The van der Waals surface area contributed by atoms with Crippen LogP contribution in [0.1, 0.15) is 0 Å². The number of benzene rings is 15. The molecule has 3 heterocycles. The standard InChI is InChI=1S/C56H36N2O.C26H15BrO/c1-3-14-37(15-4-1)38-26-29-43(30-27-38)57(45-31-32-52-50(36-45)48-24-11-12-25-51(48)58(52)42-19-5-2-6-20-42)44-21-13-18-40(34-44)49-35-41-17-8-10-23-47(41)55-54-46-22-9-7-16-39(46)28-33-53(54)59-56(49)55;27-19-9-5-8-17(14-19)22-15-18-7-2-4-11-21(18)25-24-20-10-3-1-6-16(20)12-13-23(24)28-26(22)25/h1-36H;1-15H. The van der Waals surface area contributed by atoms with Gasteiger partial charge in [0.25, 0.3) is 0 Å². The normalized spacial score (nSPS) is 11.7. The smallest absolute Gasteiger partial charge is 0.143 e. The van der Waals surface area contributed by atoms with E-state index in [9.17, 15) is 0 Å². The van der Waals surface area contributed by atoms with Crippen molar-refractivity contribution in [2.45, 2.75) is 0 Å². The Hall–Kier alpha value is -11.0. The van der Waals surface area contributed by atoms with E-state index in [-0.39, 0.29) is 0 Å². The minimum atomic E-state index is 0.899. The SMILES string of the molecule is Brc1cccc(-c2cc3ccccc3c3c2oc2ccc4ccccc4c23)c1.c1ccc(-c2ccc(N(c3cccc(-c4cc5ccccc5c5c4oc4ccc6ccccc6c45)c3)c3ccc4c(c3)c3ccccc3n4-c3ccccc3)cc2)cc1. The number of fused-ring (bicyclic) bond motifs is 17. The van der Waals surface area contributed by atoms with Crippen molar-refractivity contribution >= 4 is 142 Å². The van der Waals surface area contributed by atoms with Gasteiger partial charge in [-0.05, 0) is 162 Å². The molecular weight excluding hydrogens is 1120 g/mol. The third kappa shape index (κ3) is 8.49. The summed E-state index contributed by atoms with van der Waals surface area (Å²) in [5, 5.41) is 16.8. The van der Waals surface area contributed by atoms with Gasteiger partial charge in [0.2, 0.25) is 0 Å². The highest BCUT2D eigenvalue weighted by atomic mass is 79.9. The maximum atomic E-state index is 6.89. The summed E-state index contributed by atoms with van der Waals surface area (Å²) in [6.07, 6.45) is 0. The average molecular weight is 1180 g/mol. The van der Waals surface area contributed by atoms with Crippen molar-refractivity contribution in [1.82, 2.24) is 4.57 Å². The highest BCUT2D eigenvalue weighted by Crippen LogP contribution is 2.47. The molecule has 0 saturated heterocycles. The zero-order valence-electron chi connectivity index (χ0n) is 47.0. The van der Waals surface area contributed by atoms with Gasteiger partial charge in [-0.2, -0.15) is 0 Å². The summed E-state index contributed by atoms with van der Waals surface area (Å²) in [5.41, 5.74) is 17.2. The Morgan fingerprint density at radius 1 is 0.276 bits per heavy atom. The Labute approximate surface area is 509 Å². The van der Waals surface area contributed by atoms with Crippen LogP contribution in [0, 0.1) is 0 Å². The van der Waals surface area contributed by atoms with Crippen LogP contribution in [0.15, 0.2) is 323 Å². The minimum Gasteiger partial charge on any atom is -0.455 e. The zero-order valence-corrected chi connectivity index (χ0v) is 48.6. The number of furan rings is 2. The molecule has 15 aromatic carbocycles. The predicted octanol–water partition coefficient (Wildman–Crippen LogP) is 24.1. The van der Waals surface area contributed by atoms with Crippen LogP contribution in [0.4, 0.5) is 17.1 Å². The molecule has 0 saturated carbocycles. The van der Waals surface area contributed by atoms with Crippen LogP contribution in [0.3, 0.4) is 0 Å². The largest absolute Gasteiger partial charge is 0.455 e. The number of hydrogen-bond acceptors (Lipinski definition) is 3. The molecule has 18 aromatic rings. The summed E-state index contributed by atoms with van der Waals surface area (Å²) in [7, 11) is 0. The zero-order chi connectivity index (χ0) is 57.5. The maximum absolute atomic E-state index is 6.89. The molecule has 87 heavy (non-hydrogen) atoms. The van der Waals surface area contributed by atoms with Crippen molar-refractivity contribution in [3.05, 3.63) is 314 Å².